The summed E-state index contributed by atoms with van der Waals surface area (Å²) in [5, 5.41) is 15.2. The molecule has 0 aliphatic rings. The van der Waals surface area contributed by atoms with Gasteiger partial charge in [-0.15, -0.1) is 0 Å². The third-order valence-electron chi connectivity index (χ3n) is 7.37. The maximum absolute atomic E-state index is 13.6. The van der Waals surface area contributed by atoms with Crippen LogP contribution in [0.25, 0.3) is 0 Å². The summed E-state index contributed by atoms with van der Waals surface area (Å²) in [5.74, 6) is -1.01. The Balaban J connectivity index is 2.21. The van der Waals surface area contributed by atoms with E-state index in [0.29, 0.717) is 25.9 Å². The minimum atomic E-state index is -0.802. The Morgan fingerprint density at radius 3 is 1.16 bits per heavy atom. The van der Waals surface area contributed by atoms with E-state index < -0.39 is 35.5 Å². The fourth-order valence-electron chi connectivity index (χ4n) is 5.10. The van der Waals surface area contributed by atoms with Crippen molar-refractivity contribution < 1.29 is 28.7 Å². The largest absolute Gasteiger partial charge is 0.444 e. The number of benzene rings is 2. The molecule has 0 bridgehead atoms. The molecule has 0 unspecified atom stereocenters. The molecule has 0 aliphatic carbocycles. The lowest BCUT2D eigenvalue weighted by atomic mass is 10.0. The van der Waals surface area contributed by atoms with Crippen LogP contribution in [0, 0.1) is 11.8 Å². The zero-order valence-electron chi connectivity index (χ0n) is 31.0. The van der Waals surface area contributed by atoms with Gasteiger partial charge in [0, 0.05) is 25.2 Å². The minimum Gasteiger partial charge on any atom is -0.444 e. The second-order valence-corrected chi connectivity index (χ2v) is 15.2. The monoisotopic (exact) mass is 681 g/mol. The van der Waals surface area contributed by atoms with E-state index in [1.165, 1.54) is 0 Å². The molecule has 0 aliphatic heterocycles. The molecule has 2 rings (SSSR count). The van der Waals surface area contributed by atoms with E-state index in [0.717, 1.165) is 11.1 Å². The number of rotatable bonds is 16. The van der Waals surface area contributed by atoms with Crippen LogP contribution >= 0.6 is 0 Å². The highest BCUT2D eigenvalue weighted by Crippen LogP contribution is 2.12. The smallest absolute Gasteiger partial charge is 0.408 e. The molecule has 11 heteroatoms. The molecule has 0 aromatic heterocycles. The number of carbonyl (C=O) groups excluding carboxylic acids is 4. The first-order valence-corrected chi connectivity index (χ1v) is 17.2. The van der Waals surface area contributed by atoms with Gasteiger partial charge in [-0.1, -0.05) is 88.4 Å². The van der Waals surface area contributed by atoms with Gasteiger partial charge < -0.3 is 36.1 Å². The second-order valence-electron chi connectivity index (χ2n) is 15.2. The van der Waals surface area contributed by atoms with E-state index in [9.17, 15) is 19.2 Å². The molecular formula is C38H59N5O6. The van der Waals surface area contributed by atoms with Gasteiger partial charge in [0.2, 0.25) is 11.8 Å². The van der Waals surface area contributed by atoms with E-state index in [-0.39, 0.29) is 35.7 Å². The molecule has 49 heavy (non-hydrogen) atoms. The van der Waals surface area contributed by atoms with Crippen molar-refractivity contribution in [3.63, 3.8) is 0 Å². The predicted molar refractivity (Wildman–Crippen MR) is 193 cm³/mol. The van der Waals surface area contributed by atoms with Crippen molar-refractivity contribution in [3.8, 4) is 0 Å². The number of ether oxygens (including phenoxy) is 2. The van der Waals surface area contributed by atoms with Crippen LogP contribution in [0.4, 0.5) is 9.59 Å². The van der Waals surface area contributed by atoms with Gasteiger partial charge in [0.1, 0.15) is 23.3 Å². The molecule has 2 aromatic rings. The zero-order chi connectivity index (χ0) is 36.8. The summed E-state index contributed by atoms with van der Waals surface area (Å²) >= 11 is 0. The van der Waals surface area contributed by atoms with Gasteiger partial charge in [0.15, 0.2) is 0 Å². The average Bonchev–Trinajstić information content (AvgIpc) is 2.97. The first-order chi connectivity index (χ1) is 22.8. The van der Waals surface area contributed by atoms with Crippen LogP contribution in [0.15, 0.2) is 60.7 Å². The second kappa shape index (κ2) is 19.2. The molecular weight excluding hydrogens is 622 g/mol. The Bertz CT molecular complexity index is 1220. The van der Waals surface area contributed by atoms with Gasteiger partial charge in [-0.25, -0.2) is 9.59 Å². The molecule has 0 saturated carbocycles. The van der Waals surface area contributed by atoms with Crippen molar-refractivity contribution in [1.82, 2.24) is 26.6 Å². The molecule has 2 aromatic carbocycles. The normalized spacial score (nSPS) is 14.3. The molecule has 0 saturated heterocycles. The van der Waals surface area contributed by atoms with Crippen LogP contribution in [0.2, 0.25) is 0 Å². The zero-order valence-corrected chi connectivity index (χ0v) is 31.0. The summed E-state index contributed by atoms with van der Waals surface area (Å²) in [7, 11) is 0. The highest BCUT2D eigenvalue weighted by molar-refractivity contribution is 5.87. The van der Waals surface area contributed by atoms with E-state index in [1.54, 1.807) is 41.5 Å². The molecule has 4 amide bonds. The maximum atomic E-state index is 13.6. The predicted octanol–water partition coefficient (Wildman–Crippen LogP) is 5.13. The summed E-state index contributed by atoms with van der Waals surface area (Å²) < 4.78 is 10.8. The molecule has 11 nitrogen and oxygen atoms in total. The fourth-order valence-corrected chi connectivity index (χ4v) is 5.10. The summed E-state index contributed by atoms with van der Waals surface area (Å²) in [5.41, 5.74) is 0.680. The van der Waals surface area contributed by atoms with Crippen LogP contribution < -0.4 is 26.6 Å². The van der Waals surface area contributed by atoms with Gasteiger partial charge in [-0.2, -0.15) is 0 Å². The first-order valence-electron chi connectivity index (χ1n) is 17.2. The van der Waals surface area contributed by atoms with Crippen LogP contribution in [0.1, 0.15) is 80.4 Å². The van der Waals surface area contributed by atoms with Crippen LogP contribution in [-0.4, -0.2) is 72.5 Å². The summed E-state index contributed by atoms with van der Waals surface area (Å²) in [4.78, 5) is 52.3. The number of hydrogen-bond donors (Lipinski definition) is 5. The van der Waals surface area contributed by atoms with Crippen molar-refractivity contribution in [1.29, 1.82) is 0 Å². The maximum Gasteiger partial charge on any atom is 0.408 e. The quantitative estimate of drug-likeness (QED) is 0.165. The van der Waals surface area contributed by atoms with E-state index in [4.69, 9.17) is 9.47 Å². The summed E-state index contributed by atoms with van der Waals surface area (Å²) in [6, 6.07) is 17.4. The Kier molecular flexibility index (Phi) is 16.1. The SMILES string of the molecule is CC(C)[C@H](NC(=O)OC(C)(C)C)C(=O)N[C@H](CNC[C@H](Cc1ccccc1)NC(=O)[C@@H](NC(=O)OC(C)(C)C)C(C)C)Cc1ccccc1. The van der Waals surface area contributed by atoms with Gasteiger partial charge in [-0.3, -0.25) is 9.59 Å². The summed E-state index contributed by atoms with van der Waals surface area (Å²) in [6.07, 6.45) is -0.220. The number of carbonyl (C=O) groups is 4. The van der Waals surface area contributed by atoms with Gasteiger partial charge in [-0.05, 0) is 77.3 Å². The van der Waals surface area contributed by atoms with E-state index >= 15 is 0 Å². The van der Waals surface area contributed by atoms with Crippen molar-refractivity contribution in [2.45, 2.75) is 117 Å². The Hall–Kier alpha value is -4.12. The van der Waals surface area contributed by atoms with E-state index in [2.05, 4.69) is 26.6 Å². The molecule has 0 spiro atoms. The Morgan fingerprint density at radius 1 is 0.551 bits per heavy atom. The van der Waals surface area contributed by atoms with Crippen LogP contribution in [-0.2, 0) is 31.9 Å². The Morgan fingerprint density at radius 2 is 0.878 bits per heavy atom. The average molecular weight is 682 g/mol. The molecule has 0 radical (unpaired) electrons. The molecule has 272 valence electrons. The third-order valence-corrected chi connectivity index (χ3v) is 7.37. The van der Waals surface area contributed by atoms with E-state index in [1.807, 2.05) is 88.4 Å². The third kappa shape index (κ3) is 16.7. The topological polar surface area (TPSA) is 147 Å². The van der Waals surface area contributed by atoms with Crippen molar-refractivity contribution >= 4 is 24.0 Å². The van der Waals surface area contributed by atoms with Gasteiger partial charge in [0.25, 0.3) is 0 Å². The molecule has 5 N–H and O–H groups in total. The fraction of sp³-hybridized carbons (Fsp3) is 0.579. The highest BCUT2D eigenvalue weighted by Gasteiger charge is 2.30. The lowest BCUT2D eigenvalue weighted by Gasteiger charge is -2.29. The highest BCUT2D eigenvalue weighted by atomic mass is 16.6. The first kappa shape index (κ1) is 41.1. The van der Waals surface area contributed by atoms with Crippen molar-refractivity contribution in [2.24, 2.45) is 11.8 Å². The Labute approximate surface area is 293 Å². The molecule has 4 atom stereocenters. The van der Waals surface area contributed by atoms with Gasteiger partial charge in [0.05, 0.1) is 0 Å². The number of amides is 4. The number of hydrogen-bond acceptors (Lipinski definition) is 7. The van der Waals surface area contributed by atoms with Crippen LogP contribution in [0.3, 0.4) is 0 Å². The number of alkyl carbamates (subject to hydrolysis) is 2. The van der Waals surface area contributed by atoms with Crippen molar-refractivity contribution in [2.75, 3.05) is 13.1 Å². The lowest BCUT2D eigenvalue weighted by molar-refractivity contribution is -0.125. The standard InChI is InChI=1S/C38H59N5O6/c1-25(2)31(42-35(46)48-37(5,6)7)33(44)40-29(21-27-17-13-11-14-18-27)23-39-24-30(22-28-19-15-12-16-20-28)41-34(45)32(26(3)4)43-36(47)49-38(8,9)10/h11-20,25-26,29-32,39H,21-24H2,1-10H3,(H,40,44)(H,41,45)(H,42,46)(H,43,47)/t29-,30-,31-,32-/m0/s1. The minimum absolute atomic E-state index is 0.188. The lowest BCUT2D eigenvalue weighted by Crippen LogP contribution is -2.56. The van der Waals surface area contributed by atoms with Crippen molar-refractivity contribution in [3.05, 3.63) is 71.8 Å². The van der Waals surface area contributed by atoms with Crippen LogP contribution in [0.5, 0.6) is 0 Å². The summed E-state index contributed by atoms with van der Waals surface area (Å²) in [6.45, 7) is 18.9. The van der Waals surface area contributed by atoms with Gasteiger partial charge >= 0.3 is 12.2 Å². The number of nitrogens with one attached hydrogen (secondary N) is 5. The molecule has 0 fully saturated rings. The molecule has 0 heterocycles.